The van der Waals surface area contributed by atoms with Gasteiger partial charge in [0.15, 0.2) is 4.80 Å². The summed E-state index contributed by atoms with van der Waals surface area (Å²) in [5.41, 5.74) is 2.96. The zero-order chi connectivity index (χ0) is 29.4. The van der Waals surface area contributed by atoms with Gasteiger partial charge in [0.1, 0.15) is 11.1 Å². The first-order valence-electron chi connectivity index (χ1n) is 13.4. The Kier molecular flexibility index (Phi) is 7.13. The van der Waals surface area contributed by atoms with Crippen LogP contribution < -0.4 is 25.1 Å². The summed E-state index contributed by atoms with van der Waals surface area (Å²) in [7, 11) is 0. The van der Waals surface area contributed by atoms with Gasteiger partial charge in [-0.1, -0.05) is 78.1 Å². The van der Waals surface area contributed by atoms with Crippen molar-refractivity contribution in [1.82, 2.24) is 4.57 Å². The molecule has 1 aromatic heterocycles. The number of thiazole rings is 1. The third-order valence-corrected chi connectivity index (χ3v) is 8.19. The fraction of sp³-hybridized carbons (Fsp3) is 0.156. The van der Waals surface area contributed by atoms with Gasteiger partial charge in [-0.25, -0.2) is 4.99 Å². The number of nitrogens with zero attached hydrogens (tertiary/aromatic N) is 3. The molecule has 9 nitrogen and oxygen atoms in total. The van der Waals surface area contributed by atoms with E-state index in [4.69, 9.17) is 4.74 Å². The molecule has 2 amide bonds. The lowest BCUT2D eigenvalue weighted by molar-refractivity contribution is -0.142. The van der Waals surface area contributed by atoms with Crippen LogP contribution in [0.4, 0.5) is 11.4 Å². The first-order chi connectivity index (χ1) is 20.4. The Bertz CT molecular complexity index is 1940. The number of carbonyl (C=O) groups excluding carboxylic acids is 3. The van der Waals surface area contributed by atoms with Gasteiger partial charge < -0.3 is 10.1 Å². The number of para-hydroxylation sites is 2. The number of esters is 1. The molecule has 4 aromatic rings. The van der Waals surface area contributed by atoms with E-state index in [1.165, 1.54) is 9.47 Å². The molecule has 0 spiro atoms. The van der Waals surface area contributed by atoms with Crippen LogP contribution in [-0.2, 0) is 19.1 Å². The number of allylic oxidation sites excluding steroid dienone is 1. The standard InChI is InChI=1S/C32H26N4O5S/c1-3-41-24(37)18-35-23-17-11-10-16-22(23)26(30(35)39)28-31(40)36-27(20-12-6-4-7-13-20)25(19(2)33-32(36)42-28)29(38)34-21-14-8-5-9-15-21/h4-17,27H,3,18H2,1-2H3,(H,34,38)/b28-26+/t27-/m0/s1. The molecule has 1 atom stereocenters. The number of amides is 2. The minimum Gasteiger partial charge on any atom is -0.465 e. The van der Waals surface area contributed by atoms with Crippen molar-refractivity contribution in [3.05, 3.63) is 127 Å². The predicted octanol–water partition coefficient (Wildman–Crippen LogP) is 3.15. The Hall–Kier alpha value is -5.09. The maximum Gasteiger partial charge on any atom is 0.326 e. The van der Waals surface area contributed by atoms with Crippen molar-refractivity contribution in [2.45, 2.75) is 19.9 Å². The predicted molar refractivity (Wildman–Crippen MR) is 160 cm³/mol. The topological polar surface area (TPSA) is 110 Å². The molecule has 2 aliphatic rings. The SMILES string of the molecule is CCOC(=O)CN1C(=O)/C(=c2/sc3n(c2=O)[C@@H](c2ccccc2)C(C(=O)Nc2ccccc2)=C(C)N=3)c2ccccc21. The molecule has 0 bridgehead atoms. The van der Waals surface area contributed by atoms with Crippen LogP contribution in [0.3, 0.4) is 0 Å². The van der Waals surface area contributed by atoms with Crippen molar-refractivity contribution in [2.24, 2.45) is 4.99 Å². The quantitative estimate of drug-likeness (QED) is 0.354. The molecule has 42 heavy (non-hydrogen) atoms. The molecule has 1 N–H and O–H groups in total. The van der Waals surface area contributed by atoms with Crippen LogP contribution in [0.25, 0.3) is 5.57 Å². The van der Waals surface area contributed by atoms with Crippen molar-refractivity contribution in [1.29, 1.82) is 0 Å². The summed E-state index contributed by atoms with van der Waals surface area (Å²) >= 11 is 1.09. The van der Waals surface area contributed by atoms with Crippen LogP contribution in [-0.4, -0.2) is 35.5 Å². The number of nitrogens with one attached hydrogen (secondary N) is 1. The van der Waals surface area contributed by atoms with Crippen LogP contribution >= 0.6 is 11.3 Å². The van der Waals surface area contributed by atoms with Crippen LogP contribution in [0.5, 0.6) is 0 Å². The van der Waals surface area contributed by atoms with Gasteiger partial charge in [0.2, 0.25) is 0 Å². The summed E-state index contributed by atoms with van der Waals surface area (Å²) in [5.74, 6) is -1.39. The van der Waals surface area contributed by atoms with Gasteiger partial charge in [0, 0.05) is 11.3 Å². The fourth-order valence-corrected chi connectivity index (χ4v) is 6.46. The minimum atomic E-state index is -0.775. The van der Waals surface area contributed by atoms with Crippen molar-refractivity contribution in [3.63, 3.8) is 0 Å². The number of aromatic nitrogens is 1. The molecule has 10 heteroatoms. The third kappa shape index (κ3) is 4.65. The number of rotatable bonds is 6. The van der Waals surface area contributed by atoms with E-state index >= 15 is 0 Å². The van der Waals surface area contributed by atoms with Crippen molar-refractivity contribution >= 4 is 46.1 Å². The van der Waals surface area contributed by atoms with Crippen LogP contribution in [0.1, 0.15) is 31.0 Å². The monoisotopic (exact) mass is 578 g/mol. The lowest BCUT2D eigenvalue weighted by atomic mass is 9.95. The molecule has 3 aromatic carbocycles. The first-order valence-corrected chi connectivity index (χ1v) is 14.2. The highest BCUT2D eigenvalue weighted by Crippen LogP contribution is 2.35. The Morgan fingerprint density at radius 2 is 1.62 bits per heavy atom. The summed E-state index contributed by atoms with van der Waals surface area (Å²) in [5, 5.41) is 2.93. The molecule has 0 aliphatic carbocycles. The highest BCUT2D eigenvalue weighted by atomic mass is 32.1. The van der Waals surface area contributed by atoms with E-state index in [0.717, 1.165) is 16.9 Å². The van der Waals surface area contributed by atoms with Crippen LogP contribution in [0.15, 0.2) is 106 Å². The number of fused-ring (bicyclic) bond motifs is 2. The lowest BCUT2D eigenvalue weighted by Crippen LogP contribution is -2.41. The summed E-state index contributed by atoms with van der Waals surface area (Å²) in [6, 6.07) is 24.6. The molecule has 0 saturated carbocycles. The van der Waals surface area contributed by atoms with E-state index in [1.807, 2.05) is 48.5 Å². The first kappa shape index (κ1) is 27.1. The molecule has 2 aliphatic heterocycles. The molecular weight excluding hydrogens is 552 g/mol. The number of benzene rings is 3. The van der Waals surface area contributed by atoms with Gasteiger partial charge >= 0.3 is 5.97 Å². The molecule has 0 saturated heterocycles. The largest absolute Gasteiger partial charge is 0.465 e. The highest BCUT2D eigenvalue weighted by Gasteiger charge is 2.37. The number of hydrogen-bond donors (Lipinski definition) is 1. The van der Waals surface area contributed by atoms with Crippen molar-refractivity contribution in [3.8, 4) is 0 Å². The van der Waals surface area contributed by atoms with Gasteiger partial charge in [-0.15, -0.1) is 0 Å². The molecule has 3 heterocycles. The molecule has 0 fully saturated rings. The summed E-state index contributed by atoms with van der Waals surface area (Å²) in [6.45, 7) is 3.35. The van der Waals surface area contributed by atoms with Crippen molar-refractivity contribution < 1.29 is 19.1 Å². The van der Waals surface area contributed by atoms with Crippen LogP contribution in [0, 0.1) is 0 Å². The van der Waals surface area contributed by atoms with Gasteiger partial charge in [0.25, 0.3) is 17.4 Å². The van der Waals surface area contributed by atoms with E-state index in [1.54, 1.807) is 50.2 Å². The molecular formula is C32H26N4O5S. The number of carbonyl (C=O) groups is 3. The third-order valence-electron chi connectivity index (χ3n) is 7.13. The van der Waals surface area contributed by atoms with E-state index < -0.39 is 23.5 Å². The Balaban J connectivity index is 1.54. The number of ether oxygens (including phenoxy) is 1. The molecule has 0 unspecified atom stereocenters. The lowest BCUT2D eigenvalue weighted by Gasteiger charge is -2.25. The maximum absolute atomic E-state index is 14.3. The average Bonchev–Trinajstić information content (AvgIpc) is 3.45. The van der Waals surface area contributed by atoms with E-state index in [0.29, 0.717) is 33.0 Å². The number of hydrogen-bond acceptors (Lipinski definition) is 7. The van der Waals surface area contributed by atoms with Gasteiger partial charge in [0.05, 0.1) is 35.2 Å². The van der Waals surface area contributed by atoms with Gasteiger partial charge in [-0.2, -0.15) is 0 Å². The summed E-state index contributed by atoms with van der Waals surface area (Å²) in [4.78, 5) is 60.5. The highest BCUT2D eigenvalue weighted by molar-refractivity contribution is 7.07. The Labute approximate surface area is 244 Å². The summed E-state index contributed by atoms with van der Waals surface area (Å²) in [6.07, 6.45) is 0. The zero-order valence-electron chi connectivity index (χ0n) is 22.9. The normalized spacial score (nSPS) is 17.0. The maximum atomic E-state index is 14.3. The summed E-state index contributed by atoms with van der Waals surface area (Å²) < 4.78 is 6.76. The van der Waals surface area contributed by atoms with E-state index in [-0.39, 0.29) is 29.2 Å². The molecule has 210 valence electrons. The fourth-order valence-electron chi connectivity index (χ4n) is 5.32. The molecule has 0 radical (unpaired) electrons. The second-order valence-corrected chi connectivity index (χ2v) is 10.7. The Morgan fingerprint density at radius 3 is 2.33 bits per heavy atom. The Morgan fingerprint density at radius 1 is 0.952 bits per heavy atom. The zero-order valence-corrected chi connectivity index (χ0v) is 23.7. The number of anilines is 2. The second-order valence-electron chi connectivity index (χ2n) is 9.72. The average molecular weight is 579 g/mol. The van der Waals surface area contributed by atoms with E-state index in [2.05, 4.69) is 10.3 Å². The van der Waals surface area contributed by atoms with Crippen molar-refractivity contribution in [2.75, 3.05) is 23.4 Å². The van der Waals surface area contributed by atoms with Gasteiger partial charge in [-0.3, -0.25) is 28.6 Å². The smallest absolute Gasteiger partial charge is 0.326 e. The second kappa shape index (κ2) is 11.1. The van der Waals surface area contributed by atoms with E-state index in [9.17, 15) is 19.2 Å². The van der Waals surface area contributed by atoms with Gasteiger partial charge in [-0.05, 0) is 37.6 Å². The molecule has 6 rings (SSSR count). The minimum absolute atomic E-state index is 0.187. The van der Waals surface area contributed by atoms with Crippen LogP contribution in [0.2, 0.25) is 0 Å².